The summed E-state index contributed by atoms with van der Waals surface area (Å²) in [6, 6.07) is 0. The van der Waals surface area contributed by atoms with Crippen LogP contribution in [0.2, 0.25) is 0 Å². The Balaban J connectivity index is 2.29. The van der Waals surface area contributed by atoms with Crippen LogP contribution >= 0.6 is 0 Å². The van der Waals surface area contributed by atoms with Gasteiger partial charge in [-0.1, -0.05) is 19.3 Å². The quantitative estimate of drug-likeness (QED) is 0.744. The average Bonchev–Trinajstić information content (AvgIpc) is 2.43. The largest absolute Gasteiger partial charge is 0.382 e. The molecule has 0 unspecified atom stereocenters. The summed E-state index contributed by atoms with van der Waals surface area (Å²) < 4.78 is 1.97. The Labute approximate surface area is 85.3 Å². The number of hydrogen-bond donors (Lipinski definition) is 1. The van der Waals surface area contributed by atoms with Gasteiger partial charge in [-0.15, -0.1) is 0 Å². The summed E-state index contributed by atoms with van der Waals surface area (Å²) in [5.74, 6) is 1.40. The summed E-state index contributed by atoms with van der Waals surface area (Å²) in [4.78, 5) is 0. The number of nitrogens with zero attached hydrogens (tertiary/aromatic N) is 2. The molecule has 0 amide bonds. The van der Waals surface area contributed by atoms with Crippen molar-refractivity contribution in [3.8, 4) is 0 Å². The molecule has 0 saturated heterocycles. The highest BCUT2D eigenvalue weighted by Gasteiger charge is 2.22. The van der Waals surface area contributed by atoms with Crippen LogP contribution in [0.4, 0.5) is 5.82 Å². The molecule has 3 nitrogen and oxygen atoms in total. The standard InChI is InChI=1S/C11H19N3/c1-8-10(14(2)13-11(8)12)9-6-4-3-5-7-9/h9H,3-7H2,1-2H3,(H2,12,13). The molecule has 0 atom stereocenters. The summed E-state index contributed by atoms with van der Waals surface area (Å²) in [6.07, 6.45) is 6.72. The van der Waals surface area contributed by atoms with Crippen molar-refractivity contribution in [2.75, 3.05) is 5.73 Å². The minimum atomic E-state index is 0.693. The molecule has 1 aromatic rings. The van der Waals surface area contributed by atoms with E-state index >= 15 is 0 Å². The zero-order valence-corrected chi connectivity index (χ0v) is 9.08. The van der Waals surface area contributed by atoms with Gasteiger partial charge in [0.15, 0.2) is 0 Å². The van der Waals surface area contributed by atoms with Gasteiger partial charge in [0.1, 0.15) is 5.82 Å². The number of hydrogen-bond acceptors (Lipinski definition) is 2. The zero-order valence-electron chi connectivity index (χ0n) is 9.08. The maximum atomic E-state index is 5.82. The third-order valence-electron chi connectivity index (χ3n) is 3.37. The van der Waals surface area contributed by atoms with Gasteiger partial charge in [-0.2, -0.15) is 5.10 Å². The van der Waals surface area contributed by atoms with Crippen molar-refractivity contribution in [2.24, 2.45) is 7.05 Å². The number of aromatic nitrogens is 2. The van der Waals surface area contributed by atoms with Crippen molar-refractivity contribution >= 4 is 5.82 Å². The van der Waals surface area contributed by atoms with E-state index in [1.807, 2.05) is 11.7 Å². The Hall–Kier alpha value is -0.990. The first-order valence-corrected chi connectivity index (χ1v) is 5.49. The monoisotopic (exact) mass is 193 g/mol. The molecule has 1 saturated carbocycles. The summed E-state index contributed by atoms with van der Waals surface area (Å²) >= 11 is 0. The molecule has 2 N–H and O–H groups in total. The number of nitrogen functional groups attached to an aromatic ring is 1. The first-order chi connectivity index (χ1) is 6.70. The van der Waals surface area contributed by atoms with Crippen LogP contribution in [0.5, 0.6) is 0 Å². The van der Waals surface area contributed by atoms with Crippen molar-refractivity contribution in [1.82, 2.24) is 9.78 Å². The highest BCUT2D eigenvalue weighted by molar-refractivity contribution is 5.42. The van der Waals surface area contributed by atoms with Crippen molar-refractivity contribution < 1.29 is 0 Å². The number of rotatable bonds is 1. The van der Waals surface area contributed by atoms with E-state index in [0.29, 0.717) is 11.7 Å². The Bertz CT molecular complexity index is 322. The molecule has 0 aromatic carbocycles. The Morgan fingerprint density at radius 1 is 1.29 bits per heavy atom. The zero-order chi connectivity index (χ0) is 10.1. The van der Waals surface area contributed by atoms with Crippen molar-refractivity contribution in [2.45, 2.75) is 44.9 Å². The second-order valence-electron chi connectivity index (χ2n) is 4.35. The lowest BCUT2D eigenvalue weighted by Crippen LogP contribution is -2.10. The van der Waals surface area contributed by atoms with Crippen LogP contribution in [0.25, 0.3) is 0 Å². The molecule has 0 bridgehead atoms. The molecule has 0 radical (unpaired) electrons. The lowest BCUT2D eigenvalue weighted by Gasteiger charge is -2.22. The predicted molar refractivity (Wildman–Crippen MR) is 58.2 cm³/mol. The molecule has 3 heteroatoms. The third-order valence-corrected chi connectivity index (χ3v) is 3.37. The van der Waals surface area contributed by atoms with Crippen LogP contribution in [-0.4, -0.2) is 9.78 Å². The van der Waals surface area contributed by atoms with E-state index in [4.69, 9.17) is 5.73 Å². The van der Waals surface area contributed by atoms with E-state index in [1.165, 1.54) is 43.4 Å². The molecule has 1 aliphatic carbocycles. The van der Waals surface area contributed by atoms with Gasteiger partial charge in [0.2, 0.25) is 0 Å². The van der Waals surface area contributed by atoms with Gasteiger partial charge < -0.3 is 5.73 Å². The summed E-state index contributed by atoms with van der Waals surface area (Å²) in [5.41, 5.74) is 8.37. The van der Waals surface area contributed by atoms with Gasteiger partial charge >= 0.3 is 0 Å². The highest BCUT2D eigenvalue weighted by atomic mass is 15.3. The summed E-state index contributed by atoms with van der Waals surface area (Å²) in [6.45, 7) is 2.09. The lowest BCUT2D eigenvalue weighted by molar-refractivity contribution is 0.423. The van der Waals surface area contributed by atoms with E-state index in [1.54, 1.807) is 0 Å². The number of nitrogens with two attached hydrogens (primary N) is 1. The minimum absolute atomic E-state index is 0.693. The first kappa shape index (κ1) is 9.56. The van der Waals surface area contributed by atoms with E-state index in [-0.39, 0.29) is 0 Å². The Morgan fingerprint density at radius 2 is 1.93 bits per heavy atom. The summed E-state index contributed by atoms with van der Waals surface area (Å²) in [5, 5.41) is 4.28. The normalized spacial score (nSPS) is 18.7. The second-order valence-corrected chi connectivity index (χ2v) is 4.35. The van der Waals surface area contributed by atoms with Crippen LogP contribution < -0.4 is 5.73 Å². The van der Waals surface area contributed by atoms with Crippen LogP contribution in [0.15, 0.2) is 0 Å². The van der Waals surface area contributed by atoms with Crippen LogP contribution in [0.3, 0.4) is 0 Å². The second kappa shape index (κ2) is 3.64. The fourth-order valence-corrected chi connectivity index (χ4v) is 2.61. The molecule has 0 spiro atoms. The smallest absolute Gasteiger partial charge is 0.148 e. The molecule has 2 rings (SSSR count). The maximum absolute atomic E-state index is 5.82. The van der Waals surface area contributed by atoms with Crippen molar-refractivity contribution in [1.29, 1.82) is 0 Å². The molecular weight excluding hydrogens is 174 g/mol. The van der Waals surface area contributed by atoms with Crippen molar-refractivity contribution in [3.05, 3.63) is 11.3 Å². The first-order valence-electron chi connectivity index (χ1n) is 5.49. The molecular formula is C11H19N3. The predicted octanol–water partition coefficient (Wildman–Crippen LogP) is 2.36. The Morgan fingerprint density at radius 3 is 2.43 bits per heavy atom. The molecule has 78 valence electrons. The summed E-state index contributed by atoms with van der Waals surface area (Å²) in [7, 11) is 2.01. The third kappa shape index (κ3) is 1.51. The van der Waals surface area contributed by atoms with Crippen LogP contribution in [0, 0.1) is 6.92 Å². The lowest BCUT2D eigenvalue weighted by atomic mass is 9.85. The van der Waals surface area contributed by atoms with E-state index in [0.717, 1.165) is 0 Å². The van der Waals surface area contributed by atoms with Crippen LogP contribution in [-0.2, 0) is 7.05 Å². The fraction of sp³-hybridized carbons (Fsp3) is 0.727. The van der Waals surface area contributed by atoms with Gasteiger partial charge in [-0.3, -0.25) is 4.68 Å². The highest BCUT2D eigenvalue weighted by Crippen LogP contribution is 2.35. The molecule has 14 heavy (non-hydrogen) atoms. The van der Waals surface area contributed by atoms with E-state index in [2.05, 4.69) is 12.0 Å². The molecule has 1 aromatic heterocycles. The minimum Gasteiger partial charge on any atom is -0.382 e. The topological polar surface area (TPSA) is 43.8 Å². The van der Waals surface area contributed by atoms with Gasteiger partial charge in [-0.25, -0.2) is 0 Å². The van der Waals surface area contributed by atoms with Crippen LogP contribution in [0.1, 0.15) is 49.3 Å². The van der Waals surface area contributed by atoms with E-state index < -0.39 is 0 Å². The van der Waals surface area contributed by atoms with Gasteiger partial charge in [0, 0.05) is 24.2 Å². The number of aryl methyl sites for hydroxylation is 1. The van der Waals surface area contributed by atoms with Gasteiger partial charge in [0.05, 0.1) is 0 Å². The van der Waals surface area contributed by atoms with Gasteiger partial charge in [0.25, 0.3) is 0 Å². The fourth-order valence-electron chi connectivity index (χ4n) is 2.61. The maximum Gasteiger partial charge on any atom is 0.148 e. The molecule has 1 aliphatic rings. The van der Waals surface area contributed by atoms with E-state index in [9.17, 15) is 0 Å². The average molecular weight is 193 g/mol. The Kier molecular flexibility index (Phi) is 2.48. The molecule has 1 heterocycles. The number of anilines is 1. The molecule has 1 fully saturated rings. The molecule has 0 aliphatic heterocycles. The SMILES string of the molecule is Cc1c(N)nn(C)c1C1CCCCC1. The van der Waals surface area contributed by atoms with Gasteiger partial charge in [-0.05, 0) is 19.8 Å². The van der Waals surface area contributed by atoms with Crippen molar-refractivity contribution in [3.63, 3.8) is 0 Å².